The van der Waals surface area contributed by atoms with E-state index in [1.807, 2.05) is 13.8 Å². The van der Waals surface area contributed by atoms with Crippen molar-refractivity contribution in [1.29, 1.82) is 0 Å². The van der Waals surface area contributed by atoms with Crippen LogP contribution >= 0.6 is 0 Å². The van der Waals surface area contributed by atoms with Gasteiger partial charge in [-0.3, -0.25) is 9.59 Å². The van der Waals surface area contributed by atoms with Crippen LogP contribution in [-0.2, 0) is 9.59 Å². The monoisotopic (exact) mass is 213 g/mol. The summed E-state index contributed by atoms with van der Waals surface area (Å²) in [5.41, 5.74) is -0.645. The molecule has 0 aromatic rings. The van der Waals surface area contributed by atoms with E-state index >= 15 is 0 Å². The zero-order chi connectivity index (χ0) is 11.6. The average Bonchev–Trinajstić information content (AvgIpc) is 2.17. The largest absolute Gasteiger partial charge is 0.481 e. The summed E-state index contributed by atoms with van der Waals surface area (Å²) < 4.78 is 0. The number of rotatable bonds is 2. The van der Waals surface area contributed by atoms with Crippen LogP contribution in [0.5, 0.6) is 0 Å². The Bertz CT molecular complexity index is 265. The molecule has 1 aliphatic rings. The molecule has 1 heterocycles. The minimum Gasteiger partial charge on any atom is -0.481 e. The zero-order valence-electron chi connectivity index (χ0n) is 9.62. The zero-order valence-corrected chi connectivity index (χ0v) is 9.62. The number of carboxylic acid groups (broad SMARTS) is 1. The second-order valence-corrected chi connectivity index (χ2v) is 4.85. The second kappa shape index (κ2) is 4.21. The van der Waals surface area contributed by atoms with Crippen LogP contribution in [0, 0.1) is 11.3 Å². The van der Waals surface area contributed by atoms with E-state index in [0.29, 0.717) is 25.9 Å². The van der Waals surface area contributed by atoms with Crippen LogP contribution in [0.1, 0.15) is 33.6 Å². The molecule has 0 radical (unpaired) electrons. The van der Waals surface area contributed by atoms with Gasteiger partial charge in [-0.15, -0.1) is 0 Å². The van der Waals surface area contributed by atoms with Crippen molar-refractivity contribution in [3.8, 4) is 0 Å². The number of nitrogens with zero attached hydrogens (tertiary/aromatic N) is 1. The third-order valence-electron chi connectivity index (χ3n) is 3.19. The molecule has 1 amide bonds. The molecule has 0 aromatic heterocycles. The van der Waals surface area contributed by atoms with E-state index in [9.17, 15) is 9.59 Å². The van der Waals surface area contributed by atoms with Gasteiger partial charge in [-0.25, -0.2) is 0 Å². The van der Waals surface area contributed by atoms with Crippen LogP contribution in [0.3, 0.4) is 0 Å². The van der Waals surface area contributed by atoms with Gasteiger partial charge >= 0.3 is 5.97 Å². The highest BCUT2D eigenvalue weighted by molar-refractivity contribution is 5.79. The van der Waals surface area contributed by atoms with Crippen LogP contribution in [0.15, 0.2) is 0 Å². The minimum atomic E-state index is -0.751. The van der Waals surface area contributed by atoms with Gasteiger partial charge in [-0.2, -0.15) is 0 Å². The van der Waals surface area contributed by atoms with Crippen LogP contribution in [0.4, 0.5) is 0 Å². The van der Waals surface area contributed by atoms with E-state index in [1.54, 1.807) is 11.8 Å². The molecular formula is C11H19NO3. The Morgan fingerprint density at radius 3 is 2.07 bits per heavy atom. The van der Waals surface area contributed by atoms with E-state index in [-0.39, 0.29) is 11.8 Å². The maximum Gasteiger partial charge on any atom is 0.309 e. The van der Waals surface area contributed by atoms with Crippen LogP contribution < -0.4 is 0 Å². The molecule has 0 aromatic carbocycles. The third-order valence-corrected chi connectivity index (χ3v) is 3.19. The van der Waals surface area contributed by atoms with Gasteiger partial charge in [-0.1, -0.05) is 13.8 Å². The van der Waals surface area contributed by atoms with E-state index in [2.05, 4.69) is 0 Å². The Kier molecular flexibility index (Phi) is 3.37. The number of hydrogen-bond donors (Lipinski definition) is 1. The lowest BCUT2D eigenvalue weighted by Crippen LogP contribution is -2.46. The number of hydrogen-bond acceptors (Lipinski definition) is 2. The molecule has 1 aliphatic heterocycles. The number of piperidine rings is 1. The number of carbonyl (C=O) groups excluding carboxylic acids is 1. The van der Waals surface area contributed by atoms with Crippen molar-refractivity contribution >= 4 is 11.9 Å². The standard InChI is InChI=1S/C11H19NO3/c1-8(2)9(13)12-6-4-11(3,5-7-12)10(14)15/h8H,4-7H2,1-3H3,(H,14,15). The van der Waals surface area contributed by atoms with Crippen molar-refractivity contribution < 1.29 is 14.7 Å². The highest BCUT2D eigenvalue weighted by Gasteiger charge is 2.38. The van der Waals surface area contributed by atoms with Gasteiger partial charge in [0, 0.05) is 19.0 Å². The van der Waals surface area contributed by atoms with Gasteiger partial charge < -0.3 is 10.0 Å². The van der Waals surface area contributed by atoms with Crippen molar-refractivity contribution in [3.63, 3.8) is 0 Å². The van der Waals surface area contributed by atoms with Crippen molar-refractivity contribution in [2.75, 3.05) is 13.1 Å². The number of aliphatic carboxylic acids is 1. The topological polar surface area (TPSA) is 57.6 Å². The van der Waals surface area contributed by atoms with Gasteiger partial charge in [0.25, 0.3) is 0 Å². The lowest BCUT2D eigenvalue weighted by Gasteiger charge is -2.37. The fourth-order valence-electron chi connectivity index (χ4n) is 1.80. The third kappa shape index (κ3) is 2.49. The number of likely N-dealkylation sites (tertiary alicyclic amines) is 1. The van der Waals surface area contributed by atoms with Crippen LogP contribution in [0.2, 0.25) is 0 Å². The summed E-state index contributed by atoms with van der Waals surface area (Å²) in [6, 6.07) is 0. The first-order valence-corrected chi connectivity index (χ1v) is 5.39. The Balaban J connectivity index is 2.56. The van der Waals surface area contributed by atoms with Crippen molar-refractivity contribution in [2.45, 2.75) is 33.6 Å². The molecule has 0 bridgehead atoms. The summed E-state index contributed by atoms with van der Waals surface area (Å²) in [5, 5.41) is 9.03. The molecule has 15 heavy (non-hydrogen) atoms. The Morgan fingerprint density at radius 2 is 1.73 bits per heavy atom. The number of carboxylic acids is 1. The molecule has 1 saturated heterocycles. The molecule has 0 aliphatic carbocycles. The lowest BCUT2D eigenvalue weighted by atomic mass is 9.80. The SMILES string of the molecule is CC(C)C(=O)N1CCC(C)(C(=O)O)CC1. The Labute approximate surface area is 90.3 Å². The predicted octanol–water partition coefficient (Wildman–Crippen LogP) is 1.36. The Hall–Kier alpha value is -1.06. The minimum absolute atomic E-state index is 0.000755. The van der Waals surface area contributed by atoms with Gasteiger partial charge in [0.15, 0.2) is 0 Å². The van der Waals surface area contributed by atoms with E-state index < -0.39 is 11.4 Å². The van der Waals surface area contributed by atoms with Gasteiger partial charge in [0.1, 0.15) is 0 Å². The fraction of sp³-hybridized carbons (Fsp3) is 0.818. The second-order valence-electron chi connectivity index (χ2n) is 4.85. The van der Waals surface area contributed by atoms with Crippen LogP contribution in [-0.4, -0.2) is 35.0 Å². The smallest absolute Gasteiger partial charge is 0.309 e. The molecule has 1 rings (SSSR count). The van der Waals surface area contributed by atoms with Crippen molar-refractivity contribution in [1.82, 2.24) is 4.90 Å². The molecule has 0 spiro atoms. The maximum atomic E-state index is 11.7. The lowest BCUT2D eigenvalue weighted by molar-refractivity contribution is -0.153. The molecular weight excluding hydrogens is 194 g/mol. The molecule has 0 atom stereocenters. The summed E-state index contributed by atoms with van der Waals surface area (Å²) >= 11 is 0. The highest BCUT2D eigenvalue weighted by Crippen LogP contribution is 2.31. The van der Waals surface area contributed by atoms with Gasteiger partial charge in [-0.05, 0) is 19.8 Å². The van der Waals surface area contributed by atoms with Crippen molar-refractivity contribution in [2.24, 2.45) is 11.3 Å². The summed E-state index contributed by atoms with van der Waals surface area (Å²) in [4.78, 5) is 24.4. The van der Waals surface area contributed by atoms with Crippen molar-refractivity contribution in [3.05, 3.63) is 0 Å². The normalized spacial score (nSPS) is 20.4. The van der Waals surface area contributed by atoms with Gasteiger partial charge in [0.2, 0.25) is 5.91 Å². The Morgan fingerprint density at radius 1 is 1.27 bits per heavy atom. The summed E-state index contributed by atoms with van der Waals surface area (Å²) in [7, 11) is 0. The van der Waals surface area contributed by atoms with E-state index in [1.165, 1.54) is 0 Å². The van der Waals surface area contributed by atoms with E-state index in [0.717, 1.165) is 0 Å². The first-order chi connectivity index (χ1) is 6.87. The molecule has 0 saturated carbocycles. The molecule has 0 unspecified atom stereocenters. The first kappa shape index (κ1) is 12.0. The fourth-order valence-corrected chi connectivity index (χ4v) is 1.80. The maximum absolute atomic E-state index is 11.7. The average molecular weight is 213 g/mol. The highest BCUT2D eigenvalue weighted by atomic mass is 16.4. The quantitative estimate of drug-likeness (QED) is 0.753. The van der Waals surface area contributed by atoms with Crippen LogP contribution in [0.25, 0.3) is 0 Å². The first-order valence-electron chi connectivity index (χ1n) is 5.39. The number of carbonyl (C=O) groups is 2. The van der Waals surface area contributed by atoms with Gasteiger partial charge in [0.05, 0.1) is 5.41 Å². The molecule has 1 N–H and O–H groups in total. The summed E-state index contributed by atoms with van der Waals surface area (Å²) in [5.74, 6) is -0.624. The molecule has 4 nitrogen and oxygen atoms in total. The predicted molar refractivity (Wildman–Crippen MR) is 56.4 cm³/mol. The molecule has 4 heteroatoms. The van der Waals surface area contributed by atoms with E-state index in [4.69, 9.17) is 5.11 Å². The number of amides is 1. The summed E-state index contributed by atoms with van der Waals surface area (Å²) in [6.07, 6.45) is 1.11. The summed E-state index contributed by atoms with van der Waals surface area (Å²) in [6.45, 7) is 6.63. The molecule has 86 valence electrons. The molecule has 1 fully saturated rings.